The molecule has 116 valence electrons. The van der Waals surface area contributed by atoms with Gasteiger partial charge in [0.25, 0.3) is 0 Å². The summed E-state index contributed by atoms with van der Waals surface area (Å²) >= 11 is 5.90. The Hall–Kier alpha value is -2.12. The normalized spacial score (nSPS) is 12.7. The molecular formula is C14H15ClFN5O. The number of furan rings is 1. The molecule has 3 heterocycles. The Morgan fingerprint density at radius 3 is 3.00 bits per heavy atom. The summed E-state index contributed by atoms with van der Waals surface area (Å²) in [5.41, 5.74) is 6.46. The van der Waals surface area contributed by atoms with Crippen LogP contribution >= 0.6 is 11.6 Å². The van der Waals surface area contributed by atoms with Gasteiger partial charge in [0.2, 0.25) is 5.28 Å². The number of nitrogens with one attached hydrogen (secondary N) is 2. The lowest BCUT2D eigenvalue weighted by Gasteiger charge is -2.05. The number of nitrogens with two attached hydrogens (primary N) is 1. The number of fused-ring (bicyclic) bond motifs is 1. The molecule has 0 spiro atoms. The standard InChI is InChI=1S/C14H15ClFN5O/c1-7(17)5-9-11(16)10-12(18-6-8-3-2-4-22-8)20-14(15)21-13(10)19-9/h2-4,7H,5-6,17H2,1H3,(H2,18,19,20,21). The molecule has 4 N–H and O–H groups in total. The number of anilines is 1. The molecule has 3 aromatic heterocycles. The van der Waals surface area contributed by atoms with E-state index in [2.05, 4.69) is 20.3 Å². The maximum absolute atomic E-state index is 14.6. The highest BCUT2D eigenvalue weighted by Crippen LogP contribution is 2.28. The summed E-state index contributed by atoms with van der Waals surface area (Å²) in [6, 6.07) is 3.41. The highest BCUT2D eigenvalue weighted by molar-refractivity contribution is 6.28. The molecule has 0 fully saturated rings. The molecule has 22 heavy (non-hydrogen) atoms. The monoisotopic (exact) mass is 323 g/mol. The first-order valence-electron chi connectivity index (χ1n) is 6.80. The summed E-state index contributed by atoms with van der Waals surface area (Å²) in [7, 11) is 0. The summed E-state index contributed by atoms with van der Waals surface area (Å²) in [5, 5.41) is 3.32. The first kappa shape index (κ1) is 14.8. The fourth-order valence-electron chi connectivity index (χ4n) is 2.26. The van der Waals surface area contributed by atoms with E-state index in [0.29, 0.717) is 35.9 Å². The first-order valence-corrected chi connectivity index (χ1v) is 7.18. The van der Waals surface area contributed by atoms with Crippen LogP contribution in [0.1, 0.15) is 18.4 Å². The molecule has 1 unspecified atom stereocenters. The largest absolute Gasteiger partial charge is 0.467 e. The van der Waals surface area contributed by atoms with Crippen molar-refractivity contribution >= 4 is 28.5 Å². The summed E-state index contributed by atoms with van der Waals surface area (Å²) in [6.07, 6.45) is 1.94. The molecule has 6 nitrogen and oxygen atoms in total. The molecule has 0 aliphatic carbocycles. The Bertz CT molecular complexity index is 784. The number of rotatable bonds is 5. The van der Waals surface area contributed by atoms with Gasteiger partial charge in [-0.2, -0.15) is 9.97 Å². The number of aromatic nitrogens is 3. The Labute approximate surface area is 130 Å². The zero-order valence-electron chi connectivity index (χ0n) is 11.9. The van der Waals surface area contributed by atoms with Gasteiger partial charge in [-0.05, 0) is 30.7 Å². The zero-order chi connectivity index (χ0) is 15.7. The number of nitrogens with zero attached hydrogens (tertiary/aromatic N) is 2. The average Bonchev–Trinajstić information content (AvgIpc) is 3.05. The van der Waals surface area contributed by atoms with Crippen molar-refractivity contribution in [3.05, 3.63) is 41.0 Å². The Morgan fingerprint density at radius 1 is 1.50 bits per heavy atom. The van der Waals surface area contributed by atoms with Crippen LogP contribution in [0.2, 0.25) is 5.28 Å². The Kier molecular flexibility index (Phi) is 4.00. The second kappa shape index (κ2) is 5.94. The predicted octanol–water partition coefficient (Wildman–Crippen LogP) is 2.85. The van der Waals surface area contributed by atoms with Crippen molar-refractivity contribution in [2.75, 3.05) is 5.32 Å². The molecule has 0 saturated carbocycles. The van der Waals surface area contributed by atoms with Gasteiger partial charge in [0.15, 0.2) is 5.82 Å². The van der Waals surface area contributed by atoms with Crippen LogP contribution < -0.4 is 11.1 Å². The summed E-state index contributed by atoms with van der Waals surface area (Å²) in [5.74, 6) is 0.608. The minimum atomic E-state index is -0.411. The predicted molar refractivity (Wildman–Crippen MR) is 82.2 cm³/mol. The van der Waals surface area contributed by atoms with Gasteiger partial charge in [0.05, 0.1) is 23.9 Å². The van der Waals surface area contributed by atoms with Crippen molar-refractivity contribution < 1.29 is 8.81 Å². The van der Waals surface area contributed by atoms with Crippen molar-refractivity contribution in [2.45, 2.75) is 25.9 Å². The molecule has 3 aromatic rings. The van der Waals surface area contributed by atoms with Crippen molar-refractivity contribution in [3.8, 4) is 0 Å². The number of hydrogen-bond donors (Lipinski definition) is 3. The number of aromatic amines is 1. The molecule has 0 aromatic carbocycles. The van der Waals surface area contributed by atoms with E-state index in [1.807, 2.05) is 6.07 Å². The molecule has 0 saturated heterocycles. The molecule has 0 radical (unpaired) electrons. The van der Waals surface area contributed by atoms with Crippen LogP contribution in [0.15, 0.2) is 22.8 Å². The third-order valence-electron chi connectivity index (χ3n) is 3.17. The van der Waals surface area contributed by atoms with Gasteiger partial charge in [0, 0.05) is 12.5 Å². The van der Waals surface area contributed by atoms with Gasteiger partial charge in [-0.15, -0.1) is 0 Å². The maximum atomic E-state index is 14.6. The highest BCUT2D eigenvalue weighted by atomic mass is 35.5. The van der Waals surface area contributed by atoms with Gasteiger partial charge in [0.1, 0.15) is 17.2 Å². The van der Waals surface area contributed by atoms with Gasteiger partial charge in [-0.3, -0.25) is 0 Å². The van der Waals surface area contributed by atoms with Crippen molar-refractivity contribution in [3.63, 3.8) is 0 Å². The van der Waals surface area contributed by atoms with Crippen LogP contribution in [0.4, 0.5) is 10.2 Å². The maximum Gasteiger partial charge on any atom is 0.226 e. The summed E-state index contributed by atoms with van der Waals surface area (Å²) in [4.78, 5) is 11.0. The lowest BCUT2D eigenvalue weighted by Crippen LogP contribution is -2.18. The number of halogens is 2. The van der Waals surface area contributed by atoms with E-state index >= 15 is 0 Å². The number of H-pyrrole nitrogens is 1. The molecular weight excluding hydrogens is 309 g/mol. The second-order valence-corrected chi connectivity index (χ2v) is 5.43. The van der Waals surface area contributed by atoms with Crippen LogP contribution in [0.5, 0.6) is 0 Å². The second-order valence-electron chi connectivity index (χ2n) is 5.10. The third-order valence-corrected chi connectivity index (χ3v) is 3.34. The topological polar surface area (TPSA) is 92.8 Å². The quantitative estimate of drug-likeness (QED) is 0.628. The van der Waals surface area contributed by atoms with Gasteiger partial charge in [-0.25, -0.2) is 4.39 Å². The van der Waals surface area contributed by atoms with Crippen LogP contribution in [-0.4, -0.2) is 21.0 Å². The highest BCUT2D eigenvalue weighted by Gasteiger charge is 2.19. The van der Waals surface area contributed by atoms with Crippen LogP contribution in [0, 0.1) is 5.82 Å². The number of hydrogen-bond acceptors (Lipinski definition) is 5. The van der Waals surface area contributed by atoms with E-state index in [4.69, 9.17) is 21.8 Å². The SMILES string of the molecule is CC(N)Cc1[nH]c2nc(Cl)nc(NCc3ccco3)c2c1F. The van der Waals surface area contributed by atoms with Crippen LogP contribution in [0.3, 0.4) is 0 Å². The summed E-state index contributed by atoms with van der Waals surface area (Å²) in [6.45, 7) is 2.17. The van der Waals surface area contributed by atoms with Gasteiger partial charge < -0.3 is 20.5 Å². The van der Waals surface area contributed by atoms with Crippen LogP contribution in [-0.2, 0) is 13.0 Å². The Balaban J connectivity index is 1.99. The molecule has 0 aliphatic heterocycles. The van der Waals surface area contributed by atoms with E-state index < -0.39 is 5.82 Å². The first-order chi connectivity index (χ1) is 10.5. The lowest BCUT2D eigenvalue weighted by atomic mass is 10.2. The molecule has 0 amide bonds. The van der Waals surface area contributed by atoms with Crippen molar-refractivity contribution in [1.82, 2.24) is 15.0 Å². The van der Waals surface area contributed by atoms with Crippen molar-refractivity contribution in [2.24, 2.45) is 5.73 Å². The smallest absolute Gasteiger partial charge is 0.226 e. The molecule has 3 rings (SSSR count). The van der Waals surface area contributed by atoms with E-state index in [0.717, 1.165) is 0 Å². The fourth-order valence-corrected chi connectivity index (χ4v) is 2.42. The van der Waals surface area contributed by atoms with Crippen LogP contribution in [0.25, 0.3) is 11.0 Å². The molecule has 0 aliphatic rings. The van der Waals surface area contributed by atoms with E-state index in [-0.39, 0.29) is 16.7 Å². The Morgan fingerprint density at radius 2 is 2.32 bits per heavy atom. The minimum absolute atomic E-state index is 0.0306. The average molecular weight is 324 g/mol. The van der Waals surface area contributed by atoms with E-state index in [9.17, 15) is 4.39 Å². The van der Waals surface area contributed by atoms with Gasteiger partial charge >= 0.3 is 0 Å². The van der Waals surface area contributed by atoms with E-state index in [1.54, 1.807) is 19.3 Å². The zero-order valence-corrected chi connectivity index (χ0v) is 12.6. The third kappa shape index (κ3) is 2.90. The minimum Gasteiger partial charge on any atom is -0.467 e. The molecule has 8 heteroatoms. The molecule has 1 atom stereocenters. The fraction of sp³-hybridized carbons (Fsp3) is 0.286. The summed E-state index contributed by atoms with van der Waals surface area (Å²) < 4.78 is 19.8. The lowest BCUT2D eigenvalue weighted by molar-refractivity contribution is 0.518. The van der Waals surface area contributed by atoms with Crippen molar-refractivity contribution in [1.29, 1.82) is 0 Å². The van der Waals surface area contributed by atoms with Gasteiger partial charge in [-0.1, -0.05) is 0 Å². The van der Waals surface area contributed by atoms with E-state index in [1.165, 1.54) is 0 Å². The molecule has 0 bridgehead atoms.